The zero-order valence-corrected chi connectivity index (χ0v) is 13.4. The summed E-state index contributed by atoms with van der Waals surface area (Å²) in [5.41, 5.74) is 0. The first kappa shape index (κ1) is 17.7. The molecule has 118 valence electrons. The molecule has 0 aromatic carbocycles. The average Bonchev–Trinajstić information content (AvgIpc) is 2.49. The van der Waals surface area contributed by atoms with Crippen LogP contribution in [-0.2, 0) is 9.53 Å². The molecule has 0 fully saturated rings. The third-order valence-electron chi connectivity index (χ3n) is 3.70. The number of hydrogen-bond donors (Lipinski definition) is 0. The van der Waals surface area contributed by atoms with E-state index in [0.29, 0.717) is 6.42 Å². The van der Waals surface area contributed by atoms with Crippen LogP contribution in [0.3, 0.4) is 0 Å². The Balaban J connectivity index is 2.43. The van der Waals surface area contributed by atoms with Crippen molar-refractivity contribution in [2.75, 3.05) is 0 Å². The van der Waals surface area contributed by atoms with Gasteiger partial charge in [-0.05, 0) is 51.4 Å². The van der Waals surface area contributed by atoms with Gasteiger partial charge in [0, 0.05) is 6.42 Å². The van der Waals surface area contributed by atoms with Crippen LogP contribution in [-0.4, -0.2) is 12.1 Å². The van der Waals surface area contributed by atoms with E-state index in [2.05, 4.69) is 43.4 Å². The van der Waals surface area contributed by atoms with Gasteiger partial charge in [-0.3, -0.25) is 4.79 Å². The number of carbonyl (C=O) groups is 1. The Kier molecular flexibility index (Phi) is 10.5. The minimum absolute atomic E-state index is 0.0228. The highest BCUT2D eigenvalue weighted by Crippen LogP contribution is 2.11. The Bertz CT molecular complexity index is 353. The lowest BCUT2D eigenvalue weighted by atomic mass is 10.1. The number of rotatable bonds is 1. The molecular formula is C19H30O2. The molecule has 0 aliphatic carbocycles. The van der Waals surface area contributed by atoms with E-state index >= 15 is 0 Å². The molecule has 1 aliphatic heterocycles. The standard InChI is InChI=1S/C19H30O2/c1-2-18-16-14-12-10-8-6-4-3-5-7-9-11-13-15-17-19(20)21-18/h4-7,10,12,18H,2-3,8-9,11,13-17H2,1H3/b6-4-,7-5-,12-10-. The number of carbonyl (C=O) groups excluding carboxylic acids is 1. The van der Waals surface area contributed by atoms with Crippen molar-refractivity contribution in [1.29, 1.82) is 0 Å². The largest absolute Gasteiger partial charge is 0.462 e. The Morgan fingerprint density at radius 3 is 2.33 bits per heavy atom. The third-order valence-corrected chi connectivity index (χ3v) is 3.70. The van der Waals surface area contributed by atoms with Crippen LogP contribution in [0.5, 0.6) is 0 Å². The summed E-state index contributed by atoms with van der Waals surface area (Å²) in [7, 11) is 0. The molecule has 0 aromatic rings. The first-order valence-corrected chi connectivity index (χ1v) is 8.47. The maximum absolute atomic E-state index is 11.8. The van der Waals surface area contributed by atoms with Crippen molar-refractivity contribution < 1.29 is 9.53 Å². The maximum Gasteiger partial charge on any atom is 0.306 e. The molecule has 2 nitrogen and oxygen atoms in total. The highest BCUT2D eigenvalue weighted by Gasteiger charge is 2.11. The van der Waals surface area contributed by atoms with Crippen LogP contribution in [0.4, 0.5) is 0 Å². The molecule has 1 unspecified atom stereocenters. The minimum atomic E-state index is -0.0228. The maximum atomic E-state index is 11.8. The van der Waals surface area contributed by atoms with Crippen LogP contribution in [0.15, 0.2) is 36.5 Å². The van der Waals surface area contributed by atoms with Crippen molar-refractivity contribution in [3.8, 4) is 0 Å². The molecule has 0 N–H and O–H groups in total. The molecule has 0 aromatic heterocycles. The molecular weight excluding hydrogens is 260 g/mol. The second-order valence-corrected chi connectivity index (χ2v) is 5.58. The Morgan fingerprint density at radius 1 is 0.952 bits per heavy atom. The van der Waals surface area contributed by atoms with E-state index in [1.54, 1.807) is 0 Å². The van der Waals surface area contributed by atoms with Gasteiger partial charge in [-0.15, -0.1) is 0 Å². The first-order chi connectivity index (χ1) is 10.3. The second kappa shape index (κ2) is 12.4. The highest BCUT2D eigenvalue weighted by atomic mass is 16.5. The summed E-state index contributed by atoms with van der Waals surface area (Å²) in [5.74, 6) is -0.0228. The van der Waals surface area contributed by atoms with E-state index in [1.807, 2.05) is 0 Å². The van der Waals surface area contributed by atoms with E-state index < -0.39 is 0 Å². The number of allylic oxidation sites excluding steroid dienone is 6. The summed E-state index contributed by atoms with van der Waals surface area (Å²) in [6.45, 7) is 2.09. The summed E-state index contributed by atoms with van der Waals surface area (Å²) in [4.78, 5) is 11.8. The second-order valence-electron chi connectivity index (χ2n) is 5.58. The molecule has 1 rings (SSSR count). The highest BCUT2D eigenvalue weighted by molar-refractivity contribution is 5.69. The SMILES string of the molecule is CCC1CC/C=C\C/C=C\C/C=C\CCCCCC(=O)O1. The molecule has 0 radical (unpaired) electrons. The van der Waals surface area contributed by atoms with E-state index in [0.717, 1.165) is 57.8 Å². The van der Waals surface area contributed by atoms with E-state index in [4.69, 9.17) is 4.74 Å². The minimum Gasteiger partial charge on any atom is -0.462 e. The van der Waals surface area contributed by atoms with Gasteiger partial charge in [0.05, 0.1) is 0 Å². The fourth-order valence-corrected chi connectivity index (χ4v) is 2.36. The molecule has 1 heterocycles. The number of ether oxygens (including phenoxy) is 1. The monoisotopic (exact) mass is 290 g/mol. The smallest absolute Gasteiger partial charge is 0.306 e. The zero-order valence-electron chi connectivity index (χ0n) is 13.4. The van der Waals surface area contributed by atoms with Crippen LogP contribution in [0.1, 0.15) is 71.1 Å². The fraction of sp³-hybridized carbons (Fsp3) is 0.632. The van der Waals surface area contributed by atoms with Gasteiger partial charge in [-0.2, -0.15) is 0 Å². The zero-order chi connectivity index (χ0) is 15.2. The number of esters is 1. The van der Waals surface area contributed by atoms with E-state index in [1.165, 1.54) is 0 Å². The topological polar surface area (TPSA) is 26.3 Å². The van der Waals surface area contributed by atoms with Gasteiger partial charge >= 0.3 is 5.97 Å². The Labute approximate surface area is 130 Å². The van der Waals surface area contributed by atoms with Crippen molar-refractivity contribution in [1.82, 2.24) is 0 Å². The molecule has 21 heavy (non-hydrogen) atoms. The lowest BCUT2D eigenvalue weighted by Crippen LogP contribution is -2.17. The summed E-state index contributed by atoms with van der Waals surface area (Å²) in [6.07, 6.45) is 23.1. The normalized spacial score (nSPS) is 27.9. The van der Waals surface area contributed by atoms with E-state index in [-0.39, 0.29) is 12.1 Å². The number of cyclic esters (lactones) is 1. The van der Waals surface area contributed by atoms with Gasteiger partial charge in [0.2, 0.25) is 0 Å². The average molecular weight is 290 g/mol. The van der Waals surface area contributed by atoms with Gasteiger partial charge in [0.25, 0.3) is 0 Å². The fourth-order valence-electron chi connectivity index (χ4n) is 2.36. The summed E-state index contributed by atoms with van der Waals surface area (Å²) in [6, 6.07) is 0. The summed E-state index contributed by atoms with van der Waals surface area (Å²) >= 11 is 0. The van der Waals surface area contributed by atoms with Crippen LogP contribution >= 0.6 is 0 Å². The van der Waals surface area contributed by atoms with Gasteiger partial charge in [-0.1, -0.05) is 49.8 Å². The van der Waals surface area contributed by atoms with Gasteiger partial charge < -0.3 is 4.74 Å². The quantitative estimate of drug-likeness (QED) is 0.470. The van der Waals surface area contributed by atoms with Crippen LogP contribution in [0, 0.1) is 0 Å². The van der Waals surface area contributed by atoms with Gasteiger partial charge in [0.15, 0.2) is 0 Å². The number of hydrogen-bond acceptors (Lipinski definition) is 2. The molecule has 0 spiro atoms. The van der Waals surface area contributed by atoms with Crippen LogP contribution in [0.2, 0.25) is 0 Å². The molecule has 0 bridgehead atoms. The third kappa shape index (κ3) is 10.1. The summed E-state index contributed by atoms with van der Waals surface area (Å²) < 4.78 is 5.54. The molecule has 0 saturated heterocycles. The van der Waals surface area contributed by atoms with Crippen molar-refractivity contribution in [2.45, 2.75) is 77.2 Å². The first-order valence-electron chi connectivity index (χ1n) is 8.47. The molecule has 0 saturated carbocycles. The predicted molar refractivity (Wildman–Crippen MR) is 89.1 cm³/mol. The Hall–Kier alpha value is -1.31. The van der Waals surface area contributed by atoms with Crippen LogP contribution < -0.4 is 0 Å². The lowest BCUT2D eigenvalue weighted by Gasteiger charge is -2.15. The van der Waals surface area contributed by atoms with E-state index in [9.17, 15) is 4.79 Å². The molecule has 1 atom stereocenters. The molecule has 0 amide bonds. The van der Waals surface area contributed by atoms with Gasteiger partial charge in [0.1, 0.15) is 6.10 Å². The summed E-state index contributed by atoms with van der Waals surface area (Å²) in [5, 5.41) is 0. The van der Waals surface area contributed by atoms with Crippen LogP contribution in [0.25, 0.3) is 0 Å². The lowest BCUT2D eigenvalue weighted by molar-refractivity contribution is -0.149. The Morgan fingerprint density at radius 2 is 1.62 bits per heavy atom. The van der Waals surface area contributed by atoms with Crippen molar-refractivity contribution >= 4 is 5.97 Å². The van der Waals surface area contributed by atoms with Crippen molar-refractivity contribution in [3.63, 3.8) is 0 Å². The van der Waals surface area contributed by atoms with Gasteiger partial charge in [-0.25, -0.2) is 0 Å². The molecule has 2 heteroatoms. The predicted octanol–water partition coefficient (Wildman–Crippen LogP) is 5.50. The molecule has 1 aliphatic rings. The van der Waals surface area contributed by atoms with Crippen molar-refractivity contribution in [3.05, 3.63) is 36.5 Å². The van der Waals surface area contributed by atoms with Crippen molar-refractivity contribution in [2.24, 2.45) is 0 Å².